The summed E-state index contributed by atoms with van der Waals surface area (Å²) >= 11 is 0. The summed E-state index contributed by atoms with van der Waals surface area (Å²) in [7, 11) is -3.40. The third kappa shape index (κ3) is 3.51. The Morgan fingerprint density at radius 1 is 1.27 bits per heavy atom. The van der Waals surface area contributed by atoms with Gasteiger partial charge in [-0.25, -0.2) is 12.8 Å². The highest BCUT2D eigenvalue weighted by atomic mass is 32.2. The zero-order chi connectivity index (χ0) is 11.6. The highest BCUT2D eigenvalue weighted by Crippen LogP contribution is 2.20. The van der Waals surface area contributed by atoms with Crippen molar-refractivity contribution in [1.29, 1.82) is 0 Å². The van der Waals surface area contributed by atoms with Gasteiger partial charge in [-0.2, -0.15) is 0 Å². The predicted octanol–water partition coefficient (Wildman–Crippen LogP) is 2.02. The number of benzene rings is 1. The summed E-state index contributed by atoms with van der Waals surface area (Å²) in [6.45, 7) is 3.57. The second kappa shape index (κ2) is 4.18. The summed E-state index contributed by atoms with van der Waals surface area (Å²) < 4.78 is 40.7. The summed E-state index contributed by atoms with van der Waals surface area (Å²) in [6.07, 6.45) is 0.903. The maximum Gasteiger partial charge on any atom is 0.175 e. The quantitative estimate of drug-likeness (QED) is 0.800. The molecule has 0 aromatic heterocycles. The first kappa shape index (κ1) is 12.0. The van der Waals surface area contributed by atoms with Crippen molar-refractivity contribution in [2.75, 3.05) is 6.26 Å². The zero-order valence-corrected chi connectivity index (χ0v) is 9.64. The largest absolute Gasteiger partial charge is 0.491 e. The Morgan fingerprint density at radius 3 is 2.33 bits per heavy atom. The second-order valence-corrected chi connectivity index (χ2v) is 5.58. The second-order valence-electron chi connectivity index (χ2n) is 3.56. The minimum absolute atomic E-state index is 0.0712. The van der Waals surface area contributed by atoms with Gasteiger partial charge in [0, 0.05) is 12.3 Å². The fourth-order valence-electron chi connectivity index (χ4n) is 1.09. The number of rotatable bonds is 3. The van der Waals surface area contributed by atoms with Crippen LogP contribution in [0.5, 0.6) is 5.75 Å². The molecule has 1 aromatic carbocycles. The minimum atomic E-state index is -3.40. The molecule has 0 aliphatic rings. The van der Waals surface area contributed by atoms with Crippen LogP contribution in [0.4, 0.5) is 4.39 Å². The van der Waals surface area contributed by atoms with E-state index in [0.29, 0.717) is 0 Å². The van der Waals surface area contributed by atoms with Crippen molar-refractivity contribution in [3.05, 3.63) is 24.0 Å². The van der Waals surface area contributed by atoms with Gasteiger partial charge in [0.1, 0.15) is 11.6 Å². The number of hydrogen-bond acceptors (Lipinski definition) is 3. The van der Waals surface area contributed by atoms with Crippen LogP contribution in [0.2, 0.25) is 0 Å². The summed E-state index contributed by atoms with van der Waals surface area (Å²) in [5, 5.41) is 0. The molecule has 1 rings (SSSR count). The molecule has 0 amide bonds. The van der Waals surface area contributed by atoms with Crippen LogP contribution in [0.1, 0.15) is 13.8 Å². The van der Waals surface area contributed by atoms with E-state index in [1.165, 1.54) is 6.07 Å². The highest BCUT2D eigenvalue weighted by Gasteiger charge is 2.11. The molecule has 0 saturated heterocycles. The zero-order valence-electron chi connectivity index (χ0n) is 8.82. The van der Waals surface area contributed by atoms with Crippen molar-refractivity contribution in [2.45, 2.75) is 24.8 Å². The molecule has 0 N–H and O–H groups in total. The van der Waals surface area contributed by atoms with E-state index < -0.39 is 15.7 Å². The molecule has 0 unspecified atom stereocenters. The molecule has 5 heteroatoms. The Hall–Kier alpha value is -1.10. The van der Waals surface area contributed by atoms with Gasteiger partial charge in [-0.05, 0) is 26.0 Å². The summed E-state index contributed by atoms with van der Waals surface area (Å²) in [5.74, 6) is -0.390. The van der Waals surface area contributed by atoms with E-state index >= 15 is 0 Å². The van der Waals surface area contributed by atoms with E-state index in [-0.39, 0.29) is 16.7 Å². The van der Waals surface area contributed by atoms with Crippen LogP contribution in [-0.2, 0) is 9.84 Å². The first-order valence-corrected chi connectivity index (χ1v) is 6.35. The average molecular weight is 232 g/mol. The van der Waals surface area contributed by atoms with E-state index in [0.717, 1.165) is 18.4 Å². The van der Waals surface area contributed by atoms with Crippen molar-refractivity contribution < 1.29 is 17.5 Å². The maximum atomic E-state index is 13.1. The van der Waals surface area contributed by atoms with Gasteiger partial charge in [-0.1, -0.05) is 0 Å². The third-order valence-corrected chi connectivity index (χ3v) is 2.74. The van der Waals surface area contributed by atoms with Crippen molar-refractivity contribution in [2.24, 2.45) is 0 Å². The van der Waals surface area contributed by atoms with Gasteiger partial charge in [0.05, 0.1) is 11.0 Å². The molecule has 84 valence electrons. The fourth-order valence-corrected chi connectivity index (χ4v) is 1.75. The summed E-state index contributed by atoms with van der Waals surface area (Å²) in [5.41, 5.74) is 0. The van der Waals surface area contributed by atoms with Crippen molar-refractivity contribution >= 4 is 9.84 Å². The molecule has 15 heavy (non-hydrogen) atoms. The lowest BCUT2D eigenvalue weighted by molar-refractivity contribution is 0.240. The highest BCUT2D eigenvalue weighted by molar-refractivity contribution is 7.90. The number of hydrogen-bond donors (Lipinski definition) is 0. The Balaban J connectivity index is 3.17. The average Bonchev–Trinajstić information content (AvgIpc) is 1.99. The fraction of sp³-hybridized carbons (Fsp3) is 0.400. The van der Waals surface area contributed by atoms with Gasteiger partial charge in [-0.15, -0.1) is 0 Å². The SMILES string of the molecule is CC(C)Oc1cc(F)cc(S(C)(=O)=O)c1. The Kier molecular flexibility index (Phi) is 3.34. The van der Waals surface area contributed by atoms with E-state index in [2.05, 4.69) is 0 Å². The van der Waals surface area contributed by atoms with Gasteiger partial charge in [0.2, 0.25) is 0 Å². The van der Waals surface area contributed by atoms with Crippen LogP contribution in [0.15, 0.2) is 23.1 Å². The minimum Gasteiger partial charge on any atom is -0.491 e. The van der Waals surface area contributed by atoms with Crippen LogP contribution in [-0.4, -0.2) is 20.8 Å². The smallest absolute Gasteiger partial charge is 0.175 e. The van der Waals surface area contributed by atoms with Gasteiger partial charge in [0.25, 0.3) is 0 Å². The molecule has 0 heterocycles. The Bertz CT molecular complexity index is 452. The van der Waals surface area contributed by atoms with Gasteiger partial charge in [0.15, 0.2) is 9.84 Å². The van der Waals surface area contributed by atoms with Gasteiger partial charge < -0.3 is 4.74 Å². The maximum absolute atomic E-state index is 13.1. The molecule has 3 nitrogen and oxygen atoms in total. The van der Waals surface area contributed by atoms with Crippen molar-refractivity contribution in [3.8, 4) is 5.75 Å². The van der Waals surface area contributed by atoms with Crippen LogP contribution >= 0.6 is 0 Å². The van der Waals surface area contributed by atoms with E-state index in [4.69, 9.17) is 4.74 Å². The molecular weight excluding hydrogens is 219 g/mol. The molecule has 0 aliphatic carbocycles. The molecular formula is C10H13FO3S. The first-order chi connectivity index (χ1) is 6.79. The number of sulfone groups is 1. The predicted molar refractivity (Wildman–Crippen MR) is 55.3 cm³/mol. The lowest BCUT2D eigenvalue weighted by Crippen LogP contribution is -2.07. The molecule has 0 fully saturated rings. The van der Waals surface area contributed by atoms with Crippen LogP contribution in [0, 0.1) is 5.82 Å². The van der Waals surface area contributed by atoms with Crippen molar-refractivity contribution in [3.63, 3.8) is 0 Å². The number of ether oxygens (including phenoxy) is 1. The molecule has 0 spiro atoms. The monoisotopic (exact) mass is 232 g/mol. The van der Waals surface area contributed by atoms with E-state index in [1.54, 1.807) is 13.8 Å². The van der Waals surface area contributed by atoms with E-state index in [1.807, 2.05) is 0 Å². The summed E-state index contributed by atoms with van der Waals surface area (Å²) in [6, 6.07) is 3.45. The normalized spacial score (nSPS) is 11.8. The summed E-state index contributed by atoms with van der Waals surface area (Å²) in [4.78, 5) is -0.0712. The van der Waals surface area contributed by atoms with Crippen molar-refractivity contribution in [1.82, 2.24) is 0 Å². The van der Waals surface area contributed by atoms with Crippen LogP contribution in [0.3, 0.4) is 0 Å². The first-order valence-electron chi connectivity index (χ1n) is 4.46. The van der Waals surface area contributed by atoms with E-state index in [9.17, 15) is 12.8 Å². The molecule has 0 aliphatic heterocycles. The Morgan fingerprint density at radius 2 is 1.87 bits per heavy atom. The third-order valence-electron chi connectivity index (χ3n) is 1.64. The molecule has 1 aromatic rings. The topological polar surface area (TPSA) is 43.4 Å². The Labute approximate surface area is 88.8 Å². The molecule has 0 bridgehead atoms. The van der Waals surface area contributed by atoms with Crippen LogP contribution in [0.25, 0.3) is 0 Å². The number of halogens is 1. The molecule has 0 atom stereocenters. The standard InChI is InChI=1S/C10H13FO3S/c1-7(2)14-9-4-8(11)5-10(6-9)15(3,12)13/h4-7H,1-3H3. The molecule has 0 radical (unpaired) electrons. The lowest BCUT2D eigenvalue weighted by Gasteiger charge is -2.10. The van der Waals surface area contributed by atoms with Gasteiger partial charge >= 0.3 is 0 Å². The van der Waals surface area contributed by atoms with Crippen LogP contribution < -0.4 is 4.74 Å². The lowest BCUT2D eigenvalue weighted by atomic mass is 10.3. The van der Waals surface area contributed by atoms with Gasteiger partial charge in [-0.3, -0.25) is 0 Å². The molecule has 0 saturated carbocycles.